The van der Waals surface area contributed by atoms with Crippen LogP contribution in [0.15, 0.2) is 42.5 Å². The summed E-state index contributed by atoms with van der Waals surface area (Å²) in [6.07, 6.45) is 4.08. The topological polar surface area (TPSA) is 78.9 Å². The fourth-order valence-corrected chi connectivity index (χ4v) is 4.36. The van der Waals surface area contributed by atoms with Crippen LogP contribution in [0, 0.1) is 23.1 Å². The second-order valence-corrected chi connectivity index (χ2v) is 10.8. The van der Waals surface area contributed by atoms with Gasteiger partial charge in [0.25, 0.3) is 0 Å². The van der Waals surface area contributed by atoms with Gasteiger partial charge in [-0.2, -0.15) is 5.26 Å². The summed E-state index contributed by atoms with van der Waals surface area (Å²) < 4.78 is 30.0. The Balaban J connectivity index is 2.16. The SMILES string of the molecule is CC(C)(C)[S@@](=O)NC(CCC1CC1)(c1ccc(C#N)cc1)c1ccc(F)c(N)c1. The molecule has 1 aliphatic rings. The van der Waals surface area contributed by atoms with Gasteiger partial charge in [0.2, 0.25) is 0 Å². The molecule has 154 valence electrons. The van der Waals surface area contributed by atoms with Crippen LogP contribution >= 0.6 is 0 Å². The number of benzene rings is 2. The molecular weight excluding hydrogens is 385 g/mol. The Morgan fingerprint density at radius 2 is 1.79 bits per heavy atom. The van der Waals surface area contributed by atoms with Gasteiger partial charge in [-0.05, 0) is 74.9 Å². The number of nitrogens with two attached hydrogens (primary N) is 1. The van der Waals surface area contributed by atoms with E-state index < -0.39 is 27.1 Å². The van der Waals surface area contributed by atoms with Gasteiger partial charge in [-0.1, -0.05) is 31.0 Å². The summed E-state index contributed by atoms with van der Waals surface area (Å²) in [5.41, 5.74) is 7.40. The third-order valence-corrected chi connectivity index (χ3v) is 7.09. The van der Waals surface area contributed by atoms with Gasteiger partial charge in [-0.15, -0.1) is 0 Å². The summed E-state index contributed by atoms with van der Waals surface area (Å²) in [5.74, 6) is 0.192. The van der Waals surface area contributed by atoms with Gasteiger partial charge < -0.3 is 5.73 Å². The monoisotopic (exact) mass is 413 g/mol. The summed E-state index contributed by atoms with van der Waals surface area (Å²) in [6.45, 7) is 5.75. The van der Waals surface area contributed by atoms with Crippen LogP contribution in [-0.4, -0.2) is 8.96 Å². The minimum absolute atomic E-state index is 0.0651. The fraction of sp³-hybridized carbons (Fsp3) is 0.435. The van der Waals surface area contributed by atoms with Gasteiger partial charge in [-0.25, -0.2) is 13.3 Å². The normalized spacial score (nSPS) is 17.3. The molecule has 0 aliphatic heterocycles. The zero-order chi connectivity index (χ0) is 21.2. The van der Waals surface area contributed by atoms with Crippen molar-refractivity contribution in [1.82, 2.24) is 4.72 Å². The number of anilines is 1. The molecule has 3 N–H and O–H groups in total. The van der Waals surface area contributed by atoms with Gasteiger partial charge in [0, 0.05) is 0 Å². The van der Waals surface area contributed by atoms with E-state index >= 15 is 0 Å². The maximum atomic E-state index is 13.9. The number of nitriles is 1. The first-order chi connectivity index (χ1) is 13.7. The highest BCUT2D eigenvalue weighted by Gasteiger charge is 2.40. The second-order valence-electron chi connectivity index (χ2n) is 8.80. The lowest BCUT2D eigenvalue weighted by Crippen LogP contribution is -2.49. The predicted molar refractivity (Wildman–Crippen MR) is 116 cm³/mol. The van der Waals surface area contributed by atoms with Gasteiger partial charge >= 0.3 is 0 Å². The first-order valence-corrected chi connectivity index (χ1v) is 11.1. The van der Waals surface area contributed by atoms with E-state index in [-0.39, 0.29) is 5.69 Å². The van der Waals surface area contributed by atoms with Crippen LogP contribution < -0.4 is 10.5 Å². The van der Waals surface area contributed by atoms with E-state index in [1.165, 1.54) is 18.9 Å². The average Bonchev–Trinajstić information content (AvgIpc) is 3.51. The number of rotatable bonds is 7. The van der Waals surface area contributed by atoms with Crippen LogP contribution in [0.5, 0.6) is 0 Å². The van der Waals surface area contributed by atoms with Crippen molar-refractivity contribution >= 4 is 16.7 Å². The van der Waals surface area contributed by atoms with Crippen molar-refractivity contribution in [2.24, 2.45) is 5.92 Å². The molecule has 4 nitrogen and oxygen atoms in total. The second kappa shape index (κ2) is 8.25. The summed E-state index contributed by atoms with van der Waals surface area (Å²) >= 11 is 0. The van der Waals surface area contributed by atoms with Crippen molar-refractivity contribution in [3.05, 3.63) is 65.0 Å². The number of nitrogens with one attached hydrogen (secondary N) is 1. The van der Waals surface area contributed by atoms with E-state index in [0.29, 0.717) is 17.9 Å². The first-order valence-electron chi connectivity index (χ1n) is 9.91. The Morgan fingerprint density at radius 3 is 2.31 bits per heavy atom. The lowest BCUT2D eigenvalue weighted by Gasteiger charge is -2.38. The van der Waals surface area contributed by atoms with Crippen molar-refractivity contribution < 1.29 is 8.60 Å². The maximum Gasteiger partial charge on any atom is 0.146 e. The molecule has 3 rings (SSSR count). The summed E-state index contributed by atoms with van der Waals surface area (Å²) in [7, 11) is -1.37. The van der Waals surface area contributed by atoms with Crippen molar-refractivity contribution in [1.29, 1.82) is 5.26 Å². The molecule has 0 heterocycles. The molecule has 0 bridgehead atoms. The molecule has 6 heteroatoms. The minimum Gasteiger partial charge on any atom is -0.396 e. The third-order valence-electron chi connectivity index (χ3n) is 5.44. The van der Waals surface area contributed by atoms with Crippen molar-refractivity contribution in [3.8, 4) is 6.07 Å². The Hall–Kier alpha value is -2.23. The predicted octanol–water partition coefficient (Wildman–Crippen LogP) is 4.77. The molecule has 29 heavy (non-hydrogen) atoms. The lowest BCUT2D eigenvalue weighted by molar-refractivity contribution is 0.415. The molecule has 2 atom stereocenters. The lowest BCUT2D eigenvalue weighted by atomic mass is 9.79. The van der Waals surface area contributed by atoms with Crippen LogP contribution in [-0.2, 0) is 16.5 Å². The van der Waals surface area contributed by atoms with Crippen LogP contribution in [0.3, 0.4) is 0 Å². The highest BCUT2D eigenvalue weighted by molar-refractivity contribution is 7.84. The first kappa shape index (κ1) is 21.5. The molecule has 0 aromatic heterocycles. The number of halogens is 1. The largest absolute Gasteiger partial charge is 0.396 e. The maximum absolute atomic E-state index is 13.9. The quantitative estimate of drug-likeness (QED) is 0.642. The van der Waals surface area contributed by atoms with Gasteiger partial charge in [0.15, 0.2) is 0 Å². The zero-order valence-corrected chi connectivity index (χ0v) is 18.0. The van der Waals surface area contributed by atoms with Crippen LogP contribution in [0.1, 0.15) is 63.1 Å². The molecule has 0 saturated heterocycles. The molecule has 0 amide bonds. The molecule has 0 spiro atoms. The number of hydrogen-bond acceptors (Lipinski definition) is 3. The molecule has 2 aromatic rings. The van der Waals surface area contributed by atoms with E-state index in [1.54, 1.807) is 24.3 Å². The van der Waals surface area contributed by atoms with Gasteiger partial charge in [0.05, 0.1) is 38.6 Å². The molecule has 1 aliphatic carbocycles. The van der Waals surface area contributed by atoms with E-state index in [4.69, 9.17) is 5.73 Å². The van der Waals surface area contributed by atoms with E-state index in [1.807, 2.05) is 32.9 Å². The Bertz CT molecular complexity index is 942. The minimum atomic E-state index is -1.37. The summed E-state index contributed by atoms with van der Waals surface area (Å²) in [4.78, 5) is 0. The van der Waals surface area contributed by atoms with Crippen LogP contribution in [0.4, 0.5) is 10.1 Å². The Morgan fingerprint density at radius 1 is 1.17 bits per heavy atom. The highest BCUT2D eigenvalue weighted by atomic mass is 32.2. The van der Waals surface area contributed by atoms with Crippen LogP contribution in [0.2, 0.25) is 0 Å². The third kappa shape index (κ3) is 4.85. The van der Waals surface area contributed by atoms with Gasteiger partial charge in [-0.3, -0.25) is 0 Å². The van der Waals surface area contributed by atoms with Crippen LogP contribution in [0.25, 0.3) is 0 Å². The number of nitrogen functional groups attached to an aromatic ring is 1. The Labute approximate surface area is 174 Å². The summed E-state index contributed by atoms with van der Waals surface area (Å²) in [6, 6.07) is 14.1. The standard InChI is InChI=1S/C23H28FN3OS/c1-22(2,3)29(28)27-23(13-12-16-4-5-16,18-8-6-17(15-25)7-9-18)19-10-11-20(24)21(26)14-19/h6-11,14,16,27H,4-5,12-13,26H2,1-3H3/t23?,29-/m1/s1. The van der Waals surface area contributed by atoms with E-state index in [9.17, 15) is 13.9 Å². The van der Waals surface area contributed by atoms with Gasteiger partial charge in [0.1, 0.15) is 5.82 Å². The molecule has 1 saturated carbocycles. The molecule has 1 fully saturated rings. The van der Waals surface area contributed by atoms with E-state index in [2.05, 4.69) is 10.8 Å². The Kier molecular flexibility index (Phi) is 6.11. The molecule has 2 aromatic carbocycles. The molecular formula is C23H28FN3OS. The molecule has 0 radical (unpaired) electrons. The highest BCUT2D eigenvalue weighted by Crippen LogP contribution is 2.42. The zero-order valence-electron chi connectivity index (χ0n) is 17.2. The van der Waals surface area contributed by atoms with Crippen molar-refractivity contribution in [2.45, 2.75) is 56.7 Å². The van der Waals surface area contributed by atoms with Crippen molar-refractivity contribution in [2.75, 3.05) is 5.73 Å². The fourth-order valence-electron chi connectivity index (χ4n) is 3.40. The number of hydrogen-bond donors (Lipinski definition) is 2. The number of nitrogens with zero attached hydrogens (tertiary/aromatic N) is 1. The van der Waals surface area contributed by atoms with E-state index in [0.717, 1.165) is 17.5 Å². The smallest absolute Gasteiger partial charge is 0.146 e. The van der Waals surface area contributed by atoms with Crippen molar-refractivity contribution in [3.63, 3.8) is 0 Å². The summed E-state index contributed by atoms with van der Waals surface area (Å²) in [5, 5.41) is 9.18. The molecule has 1 unspecified atom stereocenters. The average molecular weight is 414 g/mol.